The Kier molecular flexibility index (Phi) is 4.34. The second-order valence-corrected chi connectivity index (χ2v) is 5.89. The standard InChI is InChI=1S/C15H23N5O/c16-11-12-3-1-4-13(12)14(21)19-7-9-20(10-8-19)15-17-5-2-6-18-15/h2,5-6,12-13H,1,3-4,7-11,16H2/t12-,13-/m1/s1. The number of nitrogens with two attached hydrogens (primary N) is 1. The van der Waals surface area contributed by atoms with Crippen molar-refractivity contribution in [3.05, 3.63) is 18.5 Å². The van der Waals surface area contributed by atoms with Crippen LogP contribution in [0.2, 0.25) is 0 Å². The number of anilines is 1. The van der Waals surface area contributed by atoms with Crippen molar-refractivity contribution in [3.8, 4) is 0 Å². The summed E-state index contributed by atoms with van der Waals surface area (Å²) in [4.78, 5) is 25.3. The van der Waals surface area contributed by atoms with Gasteiger partial charge in [-0.05, 0) is 31.4 Å². The quantitative estimate of drug-likeness (QED) is 0.877. The highest BCUT2D eigenvalue weighted by molar-refractivity contribution is 5.79. The highest BCUT2D eigenvalue weighted by Gasteiger charge is 2.35. The molecule has 6 heteroatoms. The fourth-order valence-corrected chi connectivity index (χ4v) is 3.46. The van der Waals surface area contributed by atoms with Crippen LogP contribution in [0.3, 0.4) is 0 Å². The predicted octanol–water partition coefficient (Wildman–Crippen LogP) is 0.500. The Morgan fingerprint density at radius 2 is 1.90 bits per heavy atom. The monoisotopic (exact) mass is 289 g/mol. The molecule has 2 heterocycles. The first kappa shape index (κ1) is 14.3. The Morgan fingerprint density at radius 3 is 2.57 bits per heavy atom. The first-order valence-electron chi connectivity index (χ1n) is 7.80. The Labute approximate surface area is 125 Å². The summed E-state index contributed by atoms with van der Waals surface area (Å²) in [5.41, 5.74) is 5.79. The number of carbonyl (C=O) groups is 1. The number of hydrogen-bond acceptors (Lipinski definition) is 5. The van der Waals surface area contributed by atoms with Crippen molar-refractivity contribution in [2.45, 2.75) is 19.3 Å². The highest BCUT2D eigenvalue weighted by Crippen LogP contribution is 2.32. The van der Waals surface area contributed by atoms with E-state index in [1.165, 1.54) is 0 Å². The molecule has 1 saturated heterocycles. The molecule has 2 atom stereocenters. The summed E-state index contributed by atoms with van der Waals surface area (Å²) in [6.45, 7) is 3.75. The molecule has 0 radical (unpaired) electrons. The van der Waals surface area contributed by atoms with E-state index in [2.05, 4.69) is 14.9 Å². The molecule has 1 aliphatic heterocycles. The largest absolute Gasteiger partial charge is 0.339 e. The average molecular weight is 289 g/mol. The molecule has 2 N–H and O–H groups in total. The summed E-state index contributed by atoms with van der Waals surface area (Å²) in [6, 6.07) is 1.82. The molecular formula is C15H23N5O. The SMILES string of the molecule is NC[C@H]1CCC[C@H]1C(=O)N1CCN(c2ncccn2)CC1. The molecule has 0 aromatic carbocycles. The number of rotatable bonds is 3. The van der Waals surface area contributed by atoms with Gasteiger partial charge in [-0.1, -0.05) is 6.42 Å². The van der Waals surface area contributed by atoms with Crippen molar-refractivity contribution in [2.24, 2.45) is 17.6 Å². The number of hydrogen-bond donors (Lipinski definition) is 1. The minimum Gasteiger partial charge on any atom is -0.339 e. The molecule has 1 amide bonds. The zero-order valence-corrected chi connectivity index (χ0v) is 12.3. The number of aromatic nitrogens is 2. The van der Waals surface area contributed by atoms with E-state index in [0.717, 1.165) is 51.4 Å². The predicted molar refractivity (Wildman–Crippen MR) is 80.7 cm³/mol. The molecule has 0 spiro atoms. The summed E-state index contributed by atoms with van der Waals surface area (Å²) in [7, 11) is 0. The van der Waals surface area contributed by atoms with Crippen molar-refractivity contribution in [1.82, 2.24) is 14.9 Å². The third-order valence-corrected chi connectivity index (χ3v) is 4.71. The van der Waals surface area contributed by atoms with Crippen LogP contribution < -0.4 is 10.6 Å². The summed E-state index contributed by atoms with van der Waals surface area (Å²) in [5, 5.41) is 0. The second-order valence-electron chi connectivity index (χ2n) is 5.89. The van der Waals surface area contributed by atoms with Gasteiger partial charge in [0.15, 0.2) is 0 Å². The lowest BCUT2D eigenvalue weighted by Crippen LogP contribution is -2.51. The molecule has 1 aromatic heterocycles. The molecule has 21 heavy (non-hydrogen) atoms. The third kappa shape index (κ3) is 3.00. The van der Waals surface area contributed by atoms with E-state index in [1.54, 1.807) is 12.4 Å². The maximum absolute atomic E-state index is 12.6. The second kappa shape index (κ2) is 6.39. The van der Waals surface area contributed by atoms with Crippen molar-refractivity contribution in [2.75, 3.05) is 37.6 Å². The number of piperazine rings is 1. The van der Waals surface area contributed by atoms with Crippen LogP contribution in [-0.2, 0) is 4.79 Å². The Hall–Kier alpha value is -1.69. The molecule has 6 nitrogen and oxygen atoms in total. The molecule has 0 unspecified atom stereocenters. The molecule has 3 rings (SSSR count). The fraction of sp³-hybridized carbons (Fsp3) is 0.667. The van der Waals surface area contributed by atoms with Gasteiger partial charge in [-0.2, -0.15) is 0 Å². The molecule has 114 valence electrons. The lowest BCUT2D eigenvalue weighted by molar-refractivity contribution is -0.136. The molecule has 2 fully saturated rings. The van der Waals surface area contributed by atoms with Gasteiger partial charge in [0.05, 0.1) is 0 Å². The molecule has 1 aliphatic carbocycles. The number of amides is 1. The van der Waals surface area contributed by atoms with Crippen LogP contribution in [-0.4, -0.2) is 53.5 Å². The highest BCUT2D eigenvalue weighted by atomic mass is 16.2. The number of carbonyl (C=O) groups excluding carboxylic acids is 1. The Balaban J connectivity index is 1.57. The first-order chi connectivity index (χ1) is 10.3. The summed E-state index contributed by atoms with van der Waals surface area (Å²) in [6.07, 6.45) is 6.75. The zero-order valence-electron chi connectivity index (χ0n) is 12.3. The average Bonchev–Trinajstić information content (AvgIpc) is 3.04. The van der Waals surface area contributed by atoms with Gasteiger partial charge < -0.3 is 15.5 Å². The van der Waals surface area contributed by atoms with Gasteiger partial charge >= 0.3 is 0 Å². The van der Waals surface area contributed by atoms with Crippen molar-refractivity contribution >= 4 is 11.9 Å². The van der Waals surface area contributed by atoms with Crippen molar-refractivity contribution < 1.29 is 4.79 Å². The van der Waals surface area contributed by atoms with E-state index in [0.29, 0.717) is 18.4 Å². The van der Waals surface area contributed by atoms with Crippen LogP contribution in [0.15, 0.2) is 18.5 Å². The van der Waals surface area contributed by atoms with E-state index in [1.807, 2.05) is 11.0 Å². The molecule has 1 aromatic rings. The normalized spacial score (nSPS) is 26.1. The van der Waals surface area contributed by atoms with Gasteiger partial charge in [0.1, 0.15) is 0 Å². The molecule has 0 bridgehead atoms. The molecular weight excluding hydrogens is 266 g/mol. The van der Waals surface area contributed by atoms with E-state index >= 15 is 0 Å². The minimum absolute atomic E-state index is 0.148. The van der Waals surface area contributed by atoms with Gasteiger partial charge in [0, 0.05) is 44.5 Å². The van der Waals surface area contributed by atoms with Crippen LogP contribution in [0.5, 0.6) is 0 Å². The van der Waals surface area contributed by atoms with Crippen LogP contribution in [0.1, 0.15) is 19.3 Å². The van der Waals surface area contributed by atoms with E-state index in [-0.39, 0.29) is 5.92 Å². The first-order valence-corrected chi connectivity index (χ1v) is 7.80. The Morgan fingerprint density at radius 1 is 1.19 bits per heavy atom. The van der Waals surface area contributed by atoms with E-state index in [9.17, 15) is 4.79 Å². The van der Waals surface area contributed by atoms with Crippen molar-refractivity contribution in [3.63, 3.8) is 0 Å². The molecule has 2 aliphatic rings. The van der Waals surface area contributed by atoms with E-state index in [4.69, 9.17) is 5.73 Å². The van der Waals surface area contributed by atoms with Crippen LogP contribution in [0.25, 0.3) is 0 Å². The summed E-state index contributed by atoms with van der Waals surface area (Å²) < 4.78 is 0. The van der Waals surface area contributed by atoms with Crippen LogP contribution in [0.4, 0.5) is 5.95 Å². The Bertz CT molecular complexity index is 472. The van der Waals surface area contributed by atoms with Crippen LogP contribution >= 0.6 is 0 Å². The van der Waals surface area contributed by atoms with Gasteiger partial charge in [-0.25, -0.2) is 9.97 Å². The summed E-state index contributed by atoms with van der Waals surface area (Å²) >= 11 is 0. The summed E-state index contributed by atoms with van der Waals surface area (Å²) in [5.74, 6) is 1.59. The third-order valence-electron chi connectivity index (χ3n) is 4.71. The van der Waals surface area contributed by atoms with Gasteiger partial charge in [-0.15, -0.1) is 0 Å². The smallest absolute Gasteiger partial charge is 0.226 e. The van der Waals surface area contributed by atoms with Gasteiger partial charge in [0.2, 0.25) is 11.9 Å². The maximum atomic E-state index is 12.6. The van der Waals surface area contributed by atoms with Gasteiger partial charge in [-0.3, -0.25) is 4.79 Å². The van der Waals surface area contributed by atoms with E-state index < -0.39 is 0 Å². The fourth-order valence-electron chi connectivity index (χ4n) is 3.46. The zero-order chi connectivity index (χ0) is 14.7. The van der Waals surface area contributed by atoms with Crippen LogP contribution in [0, 0.1) is 11.8 Å². The lowest BCUT2D eigenvalue weighted by Gasteiger charge is -2.36. The molecule has 1 saturated carbocycles. The maximum Gasteiger partial charge on any atom is 0.226 e. The lowest BCUT2D eigenvalue weighted by atomic mass is 9.94. The van der Waals surface area contributed by atoms with Gasteiger partial charge in [0.25, 0.3) is 0 Å². The minimum atomic E-state index is 0.148. The number of nitrogens with zero attached hydrogens (tertiary/aromatic N) is 4. The van der Waals surface area contributed by atoms with Crippen molar-refractivity contribution in [1.29, 1.82) is 0 Å². The topological polar surface area (TPSA) is 75.4 Å².